The molecular weight excluding hydrogens is 282 g/mol. The number of aryl methyl sites for hydroxylation is 1. The van der Waals surface area contributed by atoms with Gasteiger partial charge in [-0.25, -0.2) is 0 Å². The smallest absolute Gasteiger partial charge is 0.231 e. The quantitative estimate of drug-likeness (QED) is 0.675. The van der Waals surface area contributed by atoms with Crippen molar-refractivity contribution in [3.8, 4) is 11.5 Å². The van der Waals surface area contributed by atoms with E-state index in [-0.39, 0.29) is 12.7 Å². The normalized spacial score (nSPS) is 12.4. The van der Waals surface area contributed by atoms with Crippen molar-refractivity contribution in [3.63, 3.8) is 0 Å². The third kappa shape index (κ3) is 5.56. The average Bonchev–Trinajstić information content (AvgIpc) is 2.99. The lowest BCUT2D eigenvalue weighted by molar-refractivity contribution is -0.121. The van der Waals surface area contributed by atoms with Gasteiger partial charge in [0.25, 0.3) is 0 Å². The van der Waals surface area contributed by atoms with Gasteiger partial charge in [0.05, 0.1) is 0 Å². The maximum atomic E-state index is 11.8. The Morgan fingerprint density at radius 2 is 2.05 bits per heavy atom. The molecule has 0 bridgehead atoms. The summed E-state index contributed by atoms with van der Waals surface area (Å²) in [6.45, 7) is 4.62. The molecule has 1 aromatic carbocycles. The molecule has 0 fully saturated rings. The summed E-state index contributed by atoms with van der Waals surface area (Å²) in [6.07, 6.45) is 4.30. The molecule has 2 rings (SSSR count). The van der Waals surface area contributed by atoms with Crippen molar-refractivity contribution in [2.24, 2.45) is 0 Å². The fourth-order valence-corrected chi connectivity index (χ4v) is 2.19. The Morgan fingerprint density at radius 1 is 1.23 bits per heavy atom. The third-order valence-corrected chi connectivity index (χ3v) is 3.51. The second kappa shape index (κ2) is 9.30. The van der Waals surface area contributed by atoms with Crippen molar-refractivity contribution in [1.29, 1.82) is 0 Å². The Kier molecular flexibility index (Phi) is 7.03. The molecular formula is C17H25NO4. The van der Waals surface area contributed by atoms with Crippen LogP contribution < -0.4 is 14.8 Å². The molecule has 22 heavy (non-hydrogen) atoms. The maximum Gasteiger partial charge on any atom is 0.231 e. The van der Waals surface area contributed by atoms with E-state index in [9.17, 15) is 4.79 Å². The number of rotatable bonds is 10. The molecule has 1 heterocycles. The van der Waals surface area contributed by atoms with Gasteiger partial charge in [-0.1, -0.05) is 19.4 Å². The summed E-state index contributed by atoms with van der Waals surface area (Å²) >= 11 is 0. The zero-order chi connectivity index (χ0) is 15.6. The fourth-order valence-electron chi connectivity index (χ4n) is 2.19. The molecule has 0 aromatic heterocycles. The van der Waals surface area contributed by atoms with Gasteiger partial charge < -0.3 is 19.5 Å². The van der Waals surface area contributed by atoms with E-state index in [2.05, 4.69) is 12.2 Å². The highest BCUT2D eigenvalue weighted by Crippen LogP contribution is 2.32. The molecule has 122 valence electrons. The maximum absolute atomic E-state index is 11.8. The van der Waals surface area contributed by atoms with E-state index in [0.717, 1.165) is 42.9 Å². The molecule has 1 aromatic rings. The lowest BCUT2D eigenvalue weighted by Crippen LogP contribution is -2.25. The summed E-state index contributed by atoms with van der Waals surface area (Å²) in [5.74, 6) is 1.62. The molecule has 1 aliphatic heterocycles. The van der Waals surface area contributed by atoms with Crippen LogP contribution in [0.5, 0.6) is 11.5 Å². The van der Waals surface area contributed by atoms with Crippen molar-refractivity contribution >= 4 is 5.91 Å². The first-order valence-electron chi connectivity index (χ1n) is 8.02. The second-order valence-electron chi connectivity index (χ2n) is 5.36. The minimum atomic E-state index is 0.0752. The lowest BCUT2D eigenvalue weighted by atomic mass is 10.1. The van der Waals surface area contributed by atoms with Crippen LogP contribution in [0.2, 0.25) is 0 Å². The molecule has 1 amide bonds. The molecule has 1 aliphatic rings. The number of fused-ring (bicyclic) bond motifs is 1. The van der Waals surface area contributed by atoms with Gasteiger partial charge in [-0.15, -0.1) is 0 Å². The number of benzene rings is 1. The zero-order valence-corrected chi connectivity index (χ0v) is 13.2. The summed E-state index contributed by atoms with van der Waals surface area (Å²) in [5.41, 5.74) is 1.09. The molecule has 1 N–H and O–H groups in total. The summed E-state index contributed by atoms with van der Waals surface area (Å²) in [5, 5.41) is 2.92. The van der Waals surface area contributed by atoms with Crippen LogP contribution in [0.1, 0.15) is 38.2 Å². The van der Waals surface area contributed by atoms with Crippen molar-refractivity contribution < 1.29 is 19.0 Å². The van der Waals surface area contributed by atoms with Gasteiger partial charge in [-0.3, -0.25) is 4.79 Å². The first kappa shape index (κ1) is 16.6. The minimum Gasteiger partial charge on any atom is -0.454 e. The van der Waals surface area contributed by atoms with Crippen LogP contribution >= 0.6 is 0 Å². The Bertz CT molecular complexity index is 476. The Morgan fingerprint density at radius 3 is 2.91 bits per heavy atom. The van der Waals surface area contributed by atoms with Gasteiger partial charge in [-0.2, -0.15) is 0 Å². The fraction of sp³-hybridized carbons (Fsp3) is 0.588. The van der Waals surface area contributed by atoms with Gasteiger partial charge >= 0.3 is 0 Å². The molecule has 0 spiro atoms. The van der Waals surface area contributed by atoms with Crippen LogP contribution in [0.3, 0.4) is 0 Å². The number of ether oxygens (including phenoxy) is 3. The van der Waals surface area contributed by atoms with Gasteiger partial charge in [0.1, 0.15) is 0 Å². The molecule has 0 atom stereocenters. The number of amides is 1. The largest absolute Gasteiger partial charge is 0.454 e. The van der Waals surface area contributed by atoms with Gasteiger partial charge in [0.2, 0.25) is 12.7 Å². The van der Waals surface area contributed by atoms with E-state index in [1.807, 2.05) is 18.2 Å². The highest BCUT2D eigenvalue weighted by Gasteiger charge is 2.13. The van der Waals surface area contributed by atoms with Crippen LogP contribution in [-0.4, -0.2) is 32.5 Å². The predicted molar refractivity (Wildman–Crippen MR) is 84.2 cm³/mol. The van der Waals surface area contributed by atoms with E-state index in [1.54, 1.807) is 0 Å². The Balaban J connectivity index is 1.56. The summed E-state index contributed by atoms with van der Waals surface area (Å²) in [4.78, 5) is 11.8. The highest BCUT2D eigenvalue weighted by molar-refractivity contribution is 5.76. The first-order chi connectivity index (χ1) is 10.8. The number of nitrogens with one attached hydrogen (secondary N) is 1. The van der Waals surface area contributed by atoms with Crippen LogP contribution in [0, 0.1) is 0 Å². The van der Waals surface area contributed by atoms with E-state index < -0.39 is 0 Å². The van der Waals surface area contributed by atoms with Crippen LogP contribution in [0.4, 0.5) is 0 Å². The Hall–Kier alpha value is -1.75. The number of carbonyl (C=O) groups excluding carboxylic acids is 1. The SMILES string of the molecule is CCCCOCCCNC(=O)CCc1ccc2c(c1)OCO2. The second-order valence-corrected chi connectivity index (χ2v) is 5.36. The van der Waals surface area contributed by atoms with E-state index in [1.165, 1.54) is 0 Å². The lowest BCUT2D eigenvalue weighted by Gasteiger charge is -2.06. The topological polar surface area (TPSA) is 56.8 Å². The van der Waals surface area contributed by atoms with E-state index in [0.29, 0.717) is 26.0 Å². The van der Waals surface area contributed by atoms with Crippen LogP contribution in [0.25, 0.3) is 0 Å². The van der Waals surface area contributed by atoms with Crippen molar-refractivity contribution in [3.05, 3.63) is 23.8 Å². The van der Waals surface area contributed by atoms with E-state index in [4.69, 9.17) is 14.2 Å². The third-order valence-electron chi connectivity index (χ3n) is 3.51. The average molecular weight is 307 g/mol. The van der Waals surface area contributed by atoms with Gasteiger partial charge in [0, 0.05) is 26.2 Å². The molecule has 5 nitrogen and oxygen atoms in total. The van der Waals surface area contributed by atoms with Crippen LogP contribution in [0.15, 0.2) is 18.2 Å². The van der Waals surface area contributed by atoms with Crippen LogP contribution in [-0.2, 0) is 16.0 Å². The monoisotopic (exact) mass is 307 g/mol. The number of hydrogen-bond donors (Lipinski definition) is 1. The summed E-state index contributed by atoms with van der Waals surface area (Å²) in [6, 6.07) is 5.81. The number of hydrogen-bond acceptors (Lipinski definition) is 4. The van der Waals surface area contributed by atoms with Gasteiger partial charge in [-0.05, 0) is 37.0 Å². The number of carbonyl (C=O) groups is 1. The van der Waals surface area contributed by atoms with Crippen molar-refractivity contribution in [1.82, 2.24) is 5.32 Å². The summed E-state index contributed by atoms with van der Waals surface area (Å²) in [7, 11) is 0. The number of unbranched alkanes of at least 4 members (excludes halogenated alkanes) is 1. The van der Waals surface area contributed by atoms with Gasteiger partial charge in [0.15, 0.2) is 11.5 Å². The van der Waals surface area contributed by atoms with Crippen molar-refractivity contribution in [2.75, 3.05) is 26.6 Å². The molecule has 0 saturated carbocycles. The molecule has 0 aliphatic carbocycles. The molecule has 0 unspecified atom stereocenters. The summed E-state index contributed by atoms with van der Waals surface area (Å²) < 4.78 is 16.0. The standard InChI is InChI=1S/C17H25NO4/c1-2-3-10-20-11-4-9-18-17(19)8-6-14-5-7-15-16(12-14)22-13-21-15/h5,7,12H,2-4,6,8-11,13H2,1H3,(H,18,19). The molecule has 0 radical (unpaired) electrons. The first-order valence-corrected chi connectivity index (χ1v) is 8.02. The Labute approximate surface area is 131 Å². The zero-order valence-electron chi connectivity index (χ0n) is 13.2. The predicted octanol–water partition coefficient (Wildman–Crippen LogP) is 2.67. The molecule has 0 saturated heterocycles. The highest BCUT2D eigenvalue weighted by atomic mass is 16.7. The van der Waals surface area contributed by atoms with Crippen molar-refractivity contribution in [2.45, 2.75) is 39.0 Å². The van der Waals surface area contributed by atoms with E-state index >= 15 is 0 Å². The minimum absolute atomic E-state index is 0.0752. The molecule has 5 heteroatoms.